The summed E-state index contributed by atoms with van der Waals surface area (Å²) in [6, 6.07) is 14.2. The Hall–Kier alpha value is -4.59. The van der Waals surface area contributed by atoms with Gasteiger partial charge in [-0.2, -0.15) is 18.3 Å². The average Bonchev–Trinajstić information content (AvgIpc) is 2.93. The highest BCUT2D eigenvalue weighted by Crippen LogP contribution is 2.37. The molecule has 0 bridgehead atoms. The minimum Gasteiger partial charge on any atom is -0.492 e. The van der Waals surface area contributed by atoms with E-state index in [9.17, 15) is 27.6 Å². The van der Waals surface area contributed by atoms with Crippen LogP contribution in [-0.2, 0) is 20.6 Å². The number of anilines is 2. The van der Waals surface area contributed by atoms with Crippen LogP contribution in [0.25, 0.3) is 0 Å². The number of hydrogen-bond acceptors (Lipinski definition) is 7. The minimum absolute atomic E-state index is 0.115. The number of carbonyl (C=O) groups excluding carboxylic acids is 3. The number of alkyl halides is 3. The van der Waals surface area contributed by atoms with Gasteiger partial charge in [0.05, 0.1) is 40.8 Å². The molecule has 3 N–H and O–H groups in total. The fraction of sp³-hybridized carbons (Fsp3) is 0.214. The zero-order chi connectivity index (χ0) is 30.7. The standard InChI is InChI=1S/C28H26BrF3N4O6/c1-3-40-22-12-8-7-11-21(22)35-26(38)27(39)36-33-15-17-13-19(29)25(23(14-17)41-4-2)42-16-24(37)34-20-10-6-5-9-18(20)28(30,31)32/h5-15H,3-4,16H2,1-2H3,(H,34,37)(H,35,38)(H,36,39)/b33-15-. The third-order valence-electron chi connectivity index (χ3n) is 5.21. The molecule has 14 heteroatoms. The summed E-state index contributed by atoms with van der Waals surface area (Å²) in [4.78, 5) is 36.9. The third kappa shape index (κ3) is 8.96. The van der Waals surface area contributed by atoms with Crippen molar-refractivity contribution in [2.45, 2.75) is 20.0 Å². The Kier molecular flexibility index (Phi) is 11.3. The van der Waals surface area contributed by atoms with Crippen LogP contribution in [0, 0.1) is 0 Å². The van der Waals surface area contributed by atoms with Gasteiger partial charge >= 0.3 is 18.0 Å². The maximum absolute atomic E-state index is 13.2. The lowest BCUT2D eigenvalue weighted by molar-refractivity contribution is -0.137. The molecule has 0 spiro atoms. The lowest BCUT2D eigenvalue weighted by Gasteiger charge is -2.16. The van der Waals surface area contributed by atoms with E-state index in [1.807, 2.05) is 0 Å². The monoisotopic (exact) mass is 650 g/mol. The van der Waals surface area contributed by atoms with Crippen molar-refractivity contribution >= 4 is 51.2 Å². The van der Waals surface area contributed by atoms with Crippen molar-refractivity contribution in [3.05, 3.63) is 76.3 Å². The molecule has 3 aromatic rings. The highest BCUT2D eigenvalue weighted by molar-refractivity contribution is 9.10. The summed E-state index contributed by atoms with van der Waals surface area (Å²) in [6.07, 6.45) is -3.40. The predicted octanol–water partition coefficient (Wildman–Crippen LogP) is 5.37. The first-order chi connectivity index (χ1) is 20.0. The van der Waals surface area contributed by atoms with Gasteiger partial charge in [0.2, 0.25) is 0 Å². The Morgan fingerprint density at radius 2 is 1.50 bits per heavy atom. The molecule has 0 saturated heterocycles. The summed E-state index contributed by atoms with van der Waals surface area (Å²) in [7, 11) is 0. The van der Waals surface area contributed by atoms with E-state index in [4.69, 9.17) is 14.2 Å². The van der Waals surface area contributed by atoms with Gasteiger partial charge in [0, 0.05) is 0 Å². The van der Waals surface area contributed by atoms with E-state index < -0.39 is 41.8 Å². The topological polar surface area (TPSA) is 127 Å². The molecule has 3 rings (SSSR count). The van der Waals surface area contributed by atoms with Crippen LogP contribution in [0.2, 0.25) is 0 Å². The van der Waals surface area contributed by atoms with Crippen molar-refractivity contribution < 1.29 is 41.8 Å². The van der Waals surface area contributed by atoms with Gasteiger partial charge < -0.3 is 24.8 Å². The summed E-state index contributed by atoms with van der Waals surface area (Å²) in [6.45, 7) is 3.47. The normalized spacial score (nSPS) is 11.1. The molecule has 0 aliphatic rings. The molecule has 3 amide bonds. The highest BCUT2D eigenvalue weighted by atomic mass is 79.9. The third-order valence-corrected chi connectivity index (χ3v) is 5.80. The van der Waals surface area contributed by atoms with Crippen LogP contribution < -0.4 is 30.3 Å². The highest BCUT2D eigenvalue weighted by Gasteiger charge is 2.33. The van der Waals surface area contributed by atoms with Crippen molar-refractivity contribution in [2.75, 3.05) is 30.5 Å². The molecule has 0 unspecified atom stereocenters. The molecule has 0 heterocycles. The Bertz CT molecular complexity index is 1470. The fourth-order valence-corrected chi connectivity index (χ4v) is 4.05. The Morgan fingerprint density at radius 3 is 2.19 bits per heavy atom. The maximum atomic E-state index is 13.2. The number of amides is 3. The van der Waals surface area contributed by atoms with E-state index in [1.165, 1.54) is 30.5 Å². The maximum Gasteiger partial charge on any atom is 0.418 e. The second kappa shape index (κ2) is 14.9. The fourth-order valence-electron chi connectivity index (χ4n) is 3.48. The summed E-state index contributed by atoms with van der Waals surface area (Å²) < 4.78 is 56.5. The largest absolute Gasteiger partial charge is 0.492 e. The number of benzene rings is 3. The van der Waals surface area contributed by atoms with Gasteiger partial charge in [0.15, 0.2) is 18.1 Å². The molecule has 3 aromatic carbocycles. The smallest absolute Gasteiger partial charge is 0.418 e. The minimum atomic E-state index is -4.65. The van der Waals surface area contributed by atoms with Gasteiger partial charge in [-0.3, -0.25) is 14.4 Å². The quantitative estimate of drug-likeness (QED) is 0.145. The van der Waals surface area contributed by atoms with E-state index in [0.29, 0.717) is 28.1 Å². The van der Waals surface area contributed by atoms with Crippen LogP contribution in [-0.4, -0.2) is 43.8 Å². The average molecular weight is 651 g/mol. The SMILES string of the molecule is CCOc1ccccc1NC(=O)C(=O)N/N=C\c1cc(Br)c(OCC(=O)Nc2ccccc2C(F)(F)F)c(OCC)c1. The lowest BCUT2D eigenvalue weighted by Crippen LogP contribution is -2.32. The van der Waals surface area contributed by atoms with Crippen LogP contribution in [0.3, 0.4) is 0 Å². The first-order valence-electron chi connectivity index (χ1n) is 12.4. The van der Waals surface area contributed by atoms with Crippen LogP contribution >= 0.6 is 15.9 Å². The Balaban J connectivity index is 1.64. The molecule has 10 nitrogen and oxygen atoms in total. The Labute approximate surface area is 247 Å². The zero-order valence-electron chi connectivity index (χ0n) is 22.4. The summed E-state index contributed by atoms with van der Waals surface area (Å²) >= 11 is 3.31. The van der Waals surface area contributed by atoms with Crippen LogP contribution in [0.5, 0.6) is 17.2 Å². The number of nitrogens with one attached hydrogen (secondary N) is 3. The van der Waals surface area contributed by atoms with Crippen LogP contribution in [0.1, 0.15) is 25.0 Å². The molecule has 0 aliphatic heterocycles. The number of para-hydroxylation sites is 3. The van der Waals surface area contributed by atoms with Gasteiger partial charge in [0.25, 0.3) is 5.91 Å². The van der Waals surface area contributed by atoms with Crippen LogP contribution in [0.15, 0.2) is 70.2 Å². The molecular weight excluding hydrogens is 625 g/mol. The van der Waals surface area contributed by atoms with Gasteiger partial charge in [0.1, 0.15) is 5.75 Å². The van der Waals surface area contributed by atoms with Crippen molar-refractivity contribution in [3.8, 4) is 17.2 Å². The molecule has 0 saturated carbocycles. The molecule has 0 aliphatic carbocycles. The second-order valence-corrected chi connectivity index (χ2v) is 9.08. The molecule has 0 fully saturated rings. The molecular formula is C28H26BrF3N4O6. The zero-order valence-corrected chi connectivity index (χ0v) is 24.0. The Morgan fingerprint density at radius 1 is 0.857 bits per heavy atom. The number of carbonyl (C=O) groups is 3. The lowest BCUT2D eigenvalue weighted by atomic mass is 10.1. The van der Waals surface area contributed by atoms with E-state index >= 15 is 0 Å². The van der Waals surface area contributed by atoms with Gasteiger partial charge in [-0.15, -0.1) is 0 Å². The molecule has 0 radical (unpaired) electrons. The summed E-state index contributed by atoms with van der Waals surface area (Å²) in [5.41, 5.74) is 1.48. The summed E-state index contributed by atoms with van der Waals surface area (Å²) in [5, 5.41) is 8.45. The van der Waals surface area contributed by atoms with Gasteiger partial charge in [-0.05, 0) is 71.7 Å². The summed E-state index contributed by atoms with van der Waals surface area (Å²) in [5.74, 6) is -2.10. The molecule has 222 valence electrons. The van der Waals surface area contributed by atoms with E-state index in [-0.39, 0.29) is 18.1 Å². The van der Waals surface area contributed by atoms with Crippen molar-refractivity contribution in [1.29, 1.82) is 0 Å². The first-order valence-corrected chi connectivity index (χ1v) is 13.2. The molecule has 42 heavy (non-hydrogen) atoms. The number of hydrazone groups is 1. The number of ether oxygens (including phenoxy) is 3. The van der Waals surface area contributed by atoms with E-state index in [2.05, 4.69) is 37.1 Å². The first kappa shape index (κ1) is 31.9. The van der Waals surface area contributed by atoms with Crippen LogP contribution in [0.4, 0.5) is 24.5 Å². The number of nitrogens with zero attached hydrogens (tertiary/aromatic N) is 1. The number of hydrogen-bond donors (Lipinski definition) is 3. The molecule has 0 atom stereocenters. The van der Waals surface area contributed by atoms with Gasteiger partial charge in [-0.25, -0.2) is 5.43 Å². The molecule has 0 aromatic heterocycles. The number of rotatable bonds is 11. The predicted molar refractivity (Wildman–Crippen MR) is 153 cm³/mol. The van der Waals surface area contributed by atoms with E-state index in [1.54, 1.807) is 38.1 Å². The van der Waals surface area contributed by atoms with Crippen molar-refractivity contribution in [2.24, 2.45) is 5.10 Å². The van der Waals surface area contributed by atoms with Gasteiger partial charge in [-0.1, -0.05) is 24.3 Å². The van der Waals surface area contributed by atoms with Crippen molar-refractivity contribution in [3.63, 3.8) is 0 Å². The van der Waals surface area contributed by atoms with E-state index in [0.717, 1.165) is 12.1 Å². The number of halogens is 4. The second-order valence-electron chi connectivity index (χ2n) is 8.23. The van der Waals surface area contributed by atoms with Crippen molar-refractivity contribution in [1.82, 2.24) is 5.43 Å².